The SMILES string of the molecule is CC(=O)CC1(CN(C)c2ccc3c(c2)CC2=NC(c4ccc(CC(=O)Cc5cc(C(C)(C)C)on5)cc4)=CC23)CC1. The van der Waals surface area contributed by atoms with E-state index in [4.69, 9.17) is 9.52 Å². The Morgan fingerprint density at radius 1 is 1.05 bits per heavy atom. The second-order valence-electron chi connectivity index (χ2n) is 13.4. The van der Waals surface area contributed by atoms with Crippen molar-refractivity contribution in [3.8, 4) is 0 Å². The van der Waals surface area contributed by atoms with Crippen LogP contribution in [0.1, 0.15) is 86.6 Å². The molecule has 1 fully saturated rings. The number of carbonyl (C=O) groups is 2. The molecule has 1 aromatic heterocycles. The normalized spacial score (nSPS) is 18.4. The molecule has 0 saturated heterocycles. The van der Waals surface area contributed by atoms with E-state index in [1.807, 2.05) is 18.2 Å². The number of hydrogen-bond donors (Lipinski definition) is 0. The van der Waals surface area contributed by atoms with E-state index < -0.39 is 0 Å². The summed E-state index contributed by atoms with van der Waals surface area (Å²) in [5, 5.41) is 4.08. The monoisotopic (exact) mass is 549 g/mol. The minimum atomic E-state index is -0.125. The van der Waals surface area contributed by atoms with E-state index in [1.165, 1.54) is 22.5 Å². The van der Waals surface area contributed by atoms with E-state index in [0.29, 0.717) is 24.3 Å². The van der Waals surface area contributed by atoms with Gasteiger partial charge in [-0.05, 0) is 65.6 Å². The second-order valence-corrected chi connectivity index (χ2v) is 13.4. The van der Waals surface area contributed by atoms with Gasteiger partial charge in [-0.25, -0.2) is 0 Å². The molecule has 1 unspecified atom stereocenters. The summed E-state index contributed by atoms with van der Waals surface area (Å²) in [5.74, 6) is 1.44. The Morgan fingerprint density at radius 2 is 1.80 bits per heavy atom. The minimum absolute atomic E-state index is 0.120. The molecule has 3 aliphatic rings. The summed E-state index contributed by atoms with van der Waals surface area (Å²) in [6, 6.07) is 16.9. The average molecular weight is 550 g/mol. The summed E-state index contributed by atoms with van der Waals surface area (Å²) in [4.78, 5) is 31.7. The summed E-state index contributed by atoms with van der Waals surface area (Å²) in [7, 11) is 2.14. The van der Waals surface area contributed by atoms with Crippen molar-refractivity contribution in [3.05, 3.63) is 88.3 Å². The van der Waals surface area contributed by atoms with Crippen molar-refractivity contribution in [3.63, 3.8) is 0 Å². The van der Waals surface area contributed by atoms with Gasteiger partial charge in [0.05, 0.1) is 17.8 Å². The van der Waals surface area contributed by atoms with Crippen LogP contribution in [-0.2, 0) is 34.3 Å². The average Bonchev–Trinajstić information content (AvgIpc) is 3.22. The number of allylic oxidation sites excluding steroid dienone is 1. The van der Waals surface area contributed by atoms with Gasteiger partial charge >= 0.3 is 0 Å². The van der Waals surface area contributed by atoms with Crippen LogP contribution < -0.4 is 4.90 Å². The van der Waals surface area contributed by atoms with Crippen molar-refractivity contribution in [2.75, 3.05) is 18.5 Å². The zero-order valence-corrected chi connectivity index (χ0v) is 24.8. The fourth-order valence-electron chi connectivity index (χ4n) is 6.30. The van der Waals surface area contributed by atoms with Crippen molar-refractivity contribution in [2.45, 2.75) is 77.6 Å². The molecule has 6 rings (SSSR count). The maximum atomic E-state index is 12.7. The van der Waals surface area contributed by atoms with Crippen LogP contribution in [0, 0.1) is 5.41 Å². The number of ketones is 2. The molecule has 1 atom stereocenters. The molecule has 1 aliphatic heterocycles. The number of rotatable bonds is 10. The number of nitrogens with zero attached hydrogens (tertiary/aromatic N) is 3. The van der Waals surface area contributed by atoms with Gasteiger partial charge in [0.25, 0.3) is 0 Å². The van der Waals surface area contributed by atoms with Crippen LogP contribution in [0.15, 0.2) is 64.1 Å². The fourth-order valence-corrected chi connectivity index (χ4v) is 6.30. The van der Waals surface area contributed by atoms with Crippen LogP contribution in [-0.4, -0.2) is 36.0 Å². The molecular formula is C35H39N3O3. The first kappa shape index (κ1) is 27.4. The van der Waals surface area contributed by atoms with Gasteiger partial charge in [0.15, 0.2) is 0 Å². The molecule has 0 radical (unpaired) electrons. The van der Waals surface area contributed by atoms with E-state index in [2.05, 4.69) is 74.3 Å². The zero-order chi connectivity index (χ0) is 28.9. The van der Waals surface area contributed by atoms with Crippen LogP contribution in [0.5, 0.6) is 0 Å². The summed E-state index contributed by atoms with van der Waals surface area (Å²) in [6.45, 7) is 8.83. The van der Waals surface area contributed by atoms with E-state index in [-0.39, 0.29) is 29.0 Å². The number of aliphatic imine (C=N–C) groups is 1. The Morgan fingerprint density at radius 3 is 2.46 bits per heavy atom. The number of carbonyl (C=O) groups excluding carboxylic acids is 2. The highest BCUT2D eigenvalue weighted by Crippen LogP contribution is 2.50. The number of Topliss-reactive ketones (excluding diaryl/α,β-unsaturated/α-hetero) is 2. The Bertz CT molecular complexity index is 1560. The third-order valence-corrected chi connectivity index (χ3v) is 8.70. The lowest BCUT2D eigenvalue weighted by atomic mass is 9.93. The molecule has 212 valence electrons. The fraction of sp³-hybridized carbons (Fsp3) is 0.429. The molecule has 3 aromatic rings. The van der Waals surface area contributed by atoms with Crippen LogP contribution in [0.3, 0.4) is 0 Å². The van der Waals surface area contributed by atoms with Gasteiger partial charge in [0, 0.05) is 61.7 Å². The lowest BCUT2D eigenvalue weighted by Crippen LogP contribution is -2.27. The standard InChI is InChI=1S/C35H39N3O3/c1-22(39)20-35(12-13-35)21-38(5)27-10-11-29-25(15-27)16-32-30(29)19-31(36-32)24-8-6-23(7-9-24)14-28(40)17-26-18-33(41-37-26)34(2,3)4/h6-11,15,18-19,30H,12-14,16-17,20-21H2,1-5H3. The van der Waals surface area contributed by atoms with Crippen LogP contribution in [0.25, 0.3) is 5.70 Å². The first-order chi connectivity index (χ1) is 19.5. The van der Waals surface area contributed by atoms with Crippen molar-refractivity contribution < 1.29 is 14.1 Å². The second kappa shape index (κ2) is 10.2. The molecule has 6 heteroatoms. The molecule has 1 saturated carbocycles. The van der Waals surface area contributed by atoms with Gasteiger partial charge in [-0.3, -0.25) is 9.79 Å². The number of hydrogen-bond acceptors (Lipinski definition) is 6. The van der Waals surface area contributed by atoms with Crippen molar-refractivity contribution in [2.24, 2.45) is 10.4 Å². The van der Waals surface area contributed by atoms with E-state index in [1.54, 1.807) is 6.92 Å². The number of benzene rings is 2. The number of anilines is 1. The van der Waals surface area contributed by atoms with E-state index >= 15 is 0 Å². The third-order valence-electron chi connectivity index (χ3n) is 8.70. The highest BCUT2D eigenvalue weighted by atomic mass is 16.5. The van der Waals surface area contributed by atoms with Gasteiger partial charge in [0.1, 0.15) is 17.3 Å². The number of fused-ring (bicyclic) bond motifs is 3. The minimum Gasteiger partial charge on any atom is -0.374 e. The van der Waals surface area contributed by atoms with Gasteiger partial charge in [-0.1, -0.05) is 56.3 Å². The van der Waals surface area contributed by atoms with E-state index in [0.717, 1.165) is 48.4 Å². The van der Waals surface area contributed by atoms with E-state index in [9.17, 15) is 9.59 Å². The topological polar surface area (TPSA) is 75.8 Å². The first-order valence-corrected chi connectivity index (χ1v) is 14.7. The summed E-state index contributed by atoms with van der Waals surface area (Å²) < 4.78 is 5.42. The predicted octanol–water partition coefficient (Wildman–Crippen LogP) is 6.66. The quantitative estimate of drug-likeness (QED) is 0.283. The first-order valence-electron chi connectivity index (χ1n) is 14.7. The van der Waals surface area contributed by atoms with Crippen LogP contribution in [0.2, 0.25) is 0 Å². The maximum absolute atomic E-state index is 12.7. The molecule has 2 aromatic carbocycles. The highest BCUT2D eigenvalue weighted by Gasteiger charge is 2.44. The smallest absolute Gasteiger partial charge is 0.143 e. The van der Waals surface area contributed by atoms with Crippen molar-refractivity contribution in [1.29, 1.82) is 0 Å². The zero-order valence-electron chi connectivity index (χ0n) is 24.8. The van der Waals surface area contributed by atoms with Crippen molar-refractivity contribution in [1.82, 2.24) is 5.16 Å². The predicted molar refractivity (Wildman–Crippen MR) is 163 cm³/mol. The highest BCUT2D eigenvalue weighted by molar-refractivity contribution is 6.06. The number of aromatic nitrogens is 1. The van der Waals surface area contributed by atoms with Crippen LogP contribution in [0.4, 0.5) is 5.69 Å². The van der Waals surface area contributed by atoms with Crippen molar-refractivity contribution >= 4 is 28.7 Å². The molecule has 2 heterocycles. The molecule has 0 bridgehead atoms. The molecular weight excluding hydrogens is 510 g/mol. The third kappa shape index (κ3) is 5.83. The van der Waals surface area contributed by atoms with Gasteiger partial charge in [-0.15, -0.1) is 0 Å². The Labute approximate surface area is 242 Å². The lowest BCUT2D eigenvalue weighted by molar-refractivity contribution is -0.118. The van der Waals surface area contributed by atoms with Gasteiger partial charge in [0.2, 0.25) is 0 Å². The molecule has 0 amide bonds. The molecule has 0 N–H and O–H groups in total. The van der Waals surface area contributed by atoms with Crippen LogP contribution >= 0.6 is 0 Å². The molecule has 2 aliphatic carbocycles. The Hall–Kier alpha value is -3.80. The largest absolute Gasteiger partial charge is 0.374 e. The lowest BCUT2D eigenvalue weighted by Gasteiger charge is -2.25. The summed E-state index contributed by atoms with van der Waals surface area (Å²) in [5.41, 5.74) is 8.91. The van der Waals surface area contributed by atoms with Gasteiger partial charge < -0.3 is 14.2 Å². The van der Waals surface area contributed by atoms with Gasteiger partial charge in [-0.2, -0.15) is 0 Å². The molecule has 41 heavy (non-hydrogen) atoms. The molecule has 0 spiro atoms. The molecule has 6 nitrogen and oxygen atoms in total. The Balaban J connectivity index is 1.08. The Kier molecular flexibility index (Phi) is 6.83. The maximum Gasteiger partial charge on any atom is 0.143 e. The summed E-state index contributed by atoms with van der Waals surface area (Å²) in [6.07, 6.45) is 6.76. The summed E-state index contributed by atoms with van der Waals surface area (Å²) >= 11 is 0.